The Kier molecular flexibility index (Phi) is 7.88. The van der Waals surface area contributed by atoms with Crippen molar-refractivity contribution in [1.29, 1.82) is 0 Å². The van der Waals surface area contributed by atoms with Gasteiger partial charge in [-0.2, -0.15) is 5.10 Å². The lowest BCUT2D eigenvalue weighted by molar-refractivity contribution is -0.137. The number of primary amides is 1. The minimum Gasteiger partial charge on any atom is -0.364 e. The summed E-state index contributed by atoms with van der Waals surface area (Å²) in [5.74, 6) is -1.94. The molecule has 36 heavy (non-hydrogen) atoms. The smallest absolute Gasteiger partial charge is 0.269 e. The fourth-order valence-corrected chi connectivity index (χ4v) is 4.37. The van der Waals surface area contributed by atoms with Crippen molar-refractivity contribution in [2.75, 3.05) is 6.54 Å². The van der Waals surface area contributed by atoms with Crippen LogP contribution in [0.25, 0.3) is 10.9 Å². The SMILES string of the molecule is CCCCc1ccc2c(c1)c(C(N)=O)nn2CC(=O)N(CC(=O)NCc1cccc(Cl)c1F)C1CC1. The van der Waals surface area contributed by atoms with Crippen LogP contribution >= 0.6 is 11.6 Å². The number of aromatic nitrogens is 2. The summed E-state index contributed by atoms with van der Waals surface area (Å²) >= 11 is 5.80. The maximum absolute atomic E-state index is 14.1. The summed E-state index contributed by atoms with van der Waals surface area (Å²) in [5.41, 5.74) is 7.65. The normalized spacial score (nSPS) is 13.1. The van der Waals surface area contributed by atoms with Gasteiger partial charge in [0.05, 0.1) is 17.1 Å². The van der Waals surface area contributed by atoms with Gasteiger partial charge in [0.1, 0.15) is 12.4 Å². The lowest BCUT2D eigenvalue weighted by atomic mass is 10.1. The summed E-state index contributed by atoms with van der Waals surface area (Å²) in [6, 6.07) is 10.3. The largest absolute Gasteiger partial charge is 0.364 e. The van der Waals surface area contributed by atoms with E-state index in [4.69, 9.17) is 17.3 Å². The number of aryl methyl sites for hydroxylation is 1. The number of fused-ring (bicyclic) bond motifs is 1. The first-order chi connectivity index (χ1) is 17.3. The van der Waals surface area contributed by atoms with Crippen LogP contribution in [-0.4, -0.2) is 45.0 Å². The highest BCUT2D eigenvalue weighted by atomic mass is 35.5. The molecule has 190 valence electrons. The van der Waals surface area contributed by atoms with Gasteiger partial charge < -0.3 is 16.0 Å². The molecule has 1 aromatic heterocycles. The van der Waals surface area contributed by atoms with Crippen molar-refractivity contribution in [2.24, 2.45) is 5.73 Å². The summed E-state index contributed by atoms with van der Waals surface area (Å²) < 4.78 is 15.6. The number of benzene rings is 2. The number of carbonyl (C=O) groups excluding carboxylic acids is 3. The van der Waals surface area contributed by atoms with Crippen LogP contribution in [0.5, 0.6) is 0 Å². The van der Waals surface area contributed by atoms with Crippen molar-refractivity contribution in [1.82, 2.24) is 20.0 Å². The molecule has 0 saturated heterocycles. The van der Waals surface area contributed by atoms with Crippen molar-refractivity contribution in [2.45, 2.75) is 58.2 Å². The molecule has 4 rings (SSSR count). The Labute approximate surface area is 213 Å². The molecule has 2 aromatic carbocycles. The molecule has 1 fully saturated rings. The van der Waals surface area contributed by atoms with Gasteiger partial charge in [-0.3, -0.25) is 19.1 Å². The topological polar surface area (TPSA) is 110 Å². The third-order valence-corrected chi connectivity index (χ3v) is 6.57. The molecule has 3 N–H and O–H groups in total. The van der Waals surface area contributed by atoms with E-state index < -0.39 is 17.6 Å². The van der Waals surface area contributed by atoms with Gasteiger partial charge in [-0.05, 0) is 49.4 Å². The van der Waals surface area contributed by atoms with Gasteiger partial charge in [-0.25, -0.2) is 4.39 Å². The molecule has 10 heteroatoms. The standard InChI is InChI=1S/C26H29ClFN5O3/c1-2-3-5-16-8-11-21-19(12-16)25(26(29)36)31-33(21)15-23(35)32(18-9-10-18)14-22(34)30-13-17-6-4-7-20(27)24(17)28/h4,6-8,11-12,18H,2-3,5,9-10,13-15H2,1H3,(H2,29,36)(H,30,34). The molecule has 3 amide bonds. The van der Waals surface area contributed by atoms with Gasteiger partial charge in [0.15, 0.2) is 5.69 Å². The predicted octanol–water partition coefficient (Wildman–Crippen LogP) is 3.58. The molecular weight excluding hydrogens is 485 g/mol. The van der Waals surface area contributed by atoms with Crippen molar-refractivity contribution in [3.63, 3.8) is 0 Å². The van der Waals surface area contributed by atoms with Gasteiger partial charge in [0, 0.05) is 23.5 Å². The number of hydrogen-bond acceptors (Lipinski definition) is 4. The highest BCUT2D eigenvalue weighted by Gasteiger charge is 2.34. The minimum atomic E-state index is -0.662. The number of unbranched alkanes of at least 4 members (excludes halogenated alkanes) is 1. The molecule has 1 aliphatic rings. The summed E-state index contributed by atoms with van der Waals surface area (Å²) in [7, 11) is 0. The molecule has 1 aliphatic carbocycles. The zero-order valence-corrected chi connectivity index (χ0v) is 20.9. The first-order valence-electron chi connectivity index (χ1n) is 12.1. The molecule has 0 bridgehead atoms. The third kappa shape index (κ3) is 5.84. The van der Waals surface area contributed by atoms with Gasteiger partial charge in [-0.1, -0.05) is 43.1 Å². The van der Waals surface area contributed by atoms with E-state index in [0.717, 1.165) is 37.7 Å². The molecule has 0 unspecified atom stereocenters. The highest BCUT2D eigenvalue weighted by molar-refractivity contribution is 6.30. The molecule has 1 saturated carbocycles. The second-order valence-electron chi connectivity index (χ2n) is 9.07. The Balaban J connectivity index is 1.47. The molecule has 0 radical (unpaired) electrons. The van der Waals surface area contributed by atoms with E-state index >= 15 is 0 Å². The van der Waals surface area contributed by atoms with Crippen LogP contribution in [0.4, 0.5) is 4.39 Å². The zero-order valence-electron chi connectivity index (χ0n) is 20.1. The quantitative estimate of drug-likeness (QED) is 0.408. The number of rotatable bonds is 11. The maximum Gasteiger partial charge on any atom is 0.269 e. The molecule has 3 aromatic rings. The first-order valence-corrected chi connectivity index (χ1v) is 12.4. The lowest BCUT2D eigenvalue weighted by Gasteiger charge is -2.22. The van der Waals surface area contributed by atoms with Gasteiger partial charge in [0.25, 0.3) is 5.91 Å². The third-order valence-electron chi connectivity index (χ3n) is 6.28. The van der Waals surface area contributed by atoms with E-state index in [1.54, 1.807) is 6.07 Å². The fourth-order valence-electron chi connectivity index (χ4n) is 4.18. The molecular formula is C26H29ClFN5O3. The van der Waals surface area contributed by atoms with Crippen molar-refractivity contribution in [3.8, 4) is 0 Å². The van der Waals surface area contributed by atoms with Crippen molar-refractivity contribution < 1.29 is 18.8 Å². The van der Waals surface area contributed by atoms with Crippen LogP contribution in [0, 0.1) is 5.82 Å². The van der Waals surface area contributed by atoms with E-state index in [9.17, 15) is 18.8 Å². The summed E-state index contributed by atoms with van der Waals surface area (Å²) in [5, 5.41) is 7.58. The van der Waals surface area contributed by atoms with Crippen LogP contribution in [0.15, 0.2) is 36.4 Å². The monoisotopic (exact) mass is 513 g/mol. The van der Waals surface area contributed by atoms with Crippen molar-refractivity contribution >= 4 is 40.2 Å². The average Bonchev–Trinajstić information content (AvgIpc) is 3.63. The fraction of sp³-hybridized carbons (Fsp3) is 0.385. The summed E-state index contributed by atoms with van der Waals surface area (Å²) in [6.45, 7) is 1.78. The Hall–Kier alpha value is -3.46. The van der Waals surface area contributed by atoms with E-state index in [0.29, 0.717) is 10.9 Å². The first kappa shape index (κ1) is 25.6. The number of amides is 3. The maximum atomic E-state index is 14.1. The molecule has 0 spiro atoms. The van der Waals surface area contributed by atoms with Crippen LogP contribution in [0.3, 0.4) is 0 Å². The van der Waals surface area contributed by atoms with Gasteiger partial charge in [0.2, 0.25) is 11.8 Å². The van der Waals surface area contributed by atoms with Crippen LogP contribution in [-0.2, 0) is 29.1 Å². The number of halogens is 2. The highest BCUT2D eigenvalue weighted by Crippen LogP contribution is 2.28. The van der Waals surface area contributed by atoms with E-state index in [1.807, 2.05) is 18.2 Å². The number of nitrogens with one attached hydrogen (secondary N) is 1. The molecule has 8 nitrogen and oxygen atoms in total. The van der Waals surface area contributed by atoms with Crippen molar-refractivity contribution in [3.05, 3.63) is 64.1 Å². The Morgan fingerprint density at radius 2 is 2.03 bits per heavy atom. The Bertz CT molecular complexity index is 1300. The summed E-state index contributed by atoms with van der Waals surface area (Å²) in [6.07, 6.45) is 4.54. The summed E-state index contributed by atoms with van der Waals surface area (Å²) in [4.78, 5) is 39.4. The van der Waals surface area contributed by atoms with E-state index in [1.165, 1.54) is 21.7 Å². The van der Waals surface area contributed by atoms with E-state index in [-0.39, 0.29) is 47.9 Å². The lowest BCUT2D eigenvalue weighted by Crippen LogP contribution is -2.43. The molecule has 1 heterocycles. The van der Waals surface area contributed by atoms with Gasteiger partial charge in [-0.15, -0.1) is 0 Å². The second kappa shape index (κ2) is 11.1. The number of hydrogen-bond donors (Lipinski definition) is 2. The van der Waals surface area contributed by atoms with Gasteiger partial charge >= 0.3 is 0 Å². The Morgan fingerprint density at radius 1 is 1.25 bits per heavy atom. The zero-order chi connectivity index (χ0) is 25.8. The predicted molar refractivity (Wildman–Crippen MR) is 135 cm³/mol. The van der Waals surface area contributed by atoms with Crippen LogP contribution in [0.2, 0.25) is 5.02 Å². The van der Waals surface area contributed by atoms with Crippen LogP contribution in [0.1, 0.15) is 54.2 Å². The Morgan fingerprint density at radius 3 is 2.72 bits per heavy atom. The minimum absolute atomic E-state index is 0.0178. The second-order valence-corrected chi connectivity index (χ2v) is 9.48. The molecule has 0 aliphatic heterocycles. The van der Waals surface area contributed by atoms with Crippen LogP contribution < -0.4 is 11.1 Å². The molecule has 0 atom stereocenters. The average molecular weight is 514 g/mol. The number of carbonyl (C=O) groups is 3. The number of nitrogens with two attached hydrogens (primary N) is 1. The van der Waals surface area contributed by atoms with E-state index in [2.05, 4.69) is 17.3 Å². The number of nitrogens with zero attached hydrogens (tertiary/aromatic N) is 3.